The lowest BCUT2D eigenvalue weighted by molar-refractivity contribution is 0.0850. The fourth-order valence-corrected chi connectivity index (χ4v) is 2.17. The van der Waals surface area contributed by atoms with Crippen LogP contribution in [0.1, 0.15) is 10.4 Å². The molecule has 0 bridgehead atoms. The van der Waals surface area contributed by atoms with Crippen LogP contribution in [-0.2, 0) is 6.54 Å². The van der Waals surface area contributed by atoms with Gasteiger partial charge in [-0.1, -0.05) is 30.3 Å². The Bertz CT molecular complexity index is 833. The number of primary amides is 1. The zero-order chi connectivity index (χ0) is 17.6. The molecule has 1 heterocycles. The van der Waals surface area contributed by atoms with Gasteiger partial charge in [-0.25, -0.2) is 0 Å². The van der Waals surface area contributed by atoms with E-state index in [2.05, 4.69) is 15.4 Å². The molecular weight excluding hydrogens is 322 g/mol. The number of rotatable bonds is 7. The summed E-state index contributed by atoms with van der Waals surface area (Å²) in [6, 6.07) is 15.8. The molecule has 1 atom stereocenters. The lowest BCUT2D eigenvalue weighted by Gasteiger charge is -2.11. The predicted molar refractivity (Wildman–Crippen MR) is 89.7 cm³/mol. The Morgan fingerprint density at radius 1 is 1.16 bits per heavy atom. The summed E-state index contributed by atoms with van der Waals surface area (Å²) < 4.78 is 5.48. The summed E-state index contributed by atoms with van der Waals surface area (Å²) >= 11 is 0. The molecule has 0 unspecified atom stereocenters. The van der Waals surface area contributed by atoms with E-state index in [1.54, 1.807) is 24.3 Å². The van der Waals surface area contributed by atoms with E-state index >= 15 is 0 Å². The summed E-state index contributed by atoms with van der Waals surface area (Å²) in [5.41, 5.74) is 6.31. The molecule has 3 aromatic rings. The maximum absolute atomic E-state index is 11.1. The monoisotopic (exact) mass is 339 g/mol. The summed E-state index contributed by atoms with van der Waals surface area (Å²) in [7, 11) is 0. The number of tetrazole rings is 1. The molecule has 0 aliphatic rings. The number of amides is 1. The van der Waals surface area contributed by atoms with E-state index < -0.39 is 12.0 Å². The normalized spacial score (nSPS) is 11.9. The van der Waals surface area contributed by atoms with Crippen molar-refractivity contribution in [1.82, 2.24) is 20.2 Å². The molecule has 1 aromatic heterocycles. The van der Waals surface area contributed by atoms with Crippen LogP contribution in [0.4, 0.5) is 0 Å². The summed E-state index contributed by atoms with van der Waals surface area (Å²) in [6.45, 7) is 0.271. The first-order valence-corrected chi connectivity index (χ1v) is 7.66. The Balaban J connectivity index is 1.58. The van der Waals surface area contributed by atoms with Crippen LogP contribution >= 0.6 is 0 Å². The molecule has 2 aromatic carbocycles. The molecule has 0 saturated heterocycles. The van der Waals surface area contributed by atoms with E-state index in [0.29, 0.717) is 22.7 Å². The van der Waals surface area contributed by atoms with Crippen molar-refractivity contribution < 1.29 is 14.6 Å². The largest absolute Gasteiger partial charge is 0.491 e. The number of ether oxygens (including phenoxy) is 1. The van der Waals surface area contributed by atoms with E-state index in [-0.39, 0.29) is 13.2 Å². The second-order valence-corrected chi connectivity index (χ2v) is 5.39. The standard InChI is InChI=1S/C17H17N5O3/c18-16(24)12-6-8-13(9-7-12)17-19-21-22(20-17)10-14(23)11-25-15-4-2-1-3-5-15/h1-9,14,23H,10-11H2,(H2,18,24)/t14-/m0/s1. The fraction of sp³-hybridized carbons (Fsp3) is 0.176. The molecule has 0 radical (unpaired) electrons. The molecule has 3 N–H and O–H groups in total. The Morgan fingerprint density at radius 3 is 2.56 bits per heavy atom. The van der Waals surface area contributed by atoms with Gasteiger partial charge in [-0.2, -0.15) is 4.80 Å². The number of aliphatic hydroxyl groups excluding tert-OH is 1. The summed E-state index contributed by atoms with van der Waals surface area (Å²) in [5.74, 6) is 0.584. The third-order valence-electron chi connectivity index (χ3n) is 3.44. The highest BCUT2D eigenvalue weighted by atomic mass is 16.5. The first-order chi connectivity index (χ1) is 12.1. The van der Waals surface area contributed by atoms with Crippen molar-refractivity contribution in [3.63, 3.8) is 0 Å². The number of nitrogens with two attached hydrogens (primary N) is 1. The molecule has 128 valence electrons. The van der Waals surface area contributed by atoms with Gasteiger partial charge < -0.3 is 15.6 Å². The van der Waals surface area contributed by atoms with Crippen molar-refractivity contribution in [3.8, 4) is 17.1 Å². The maximum atomic E-state index is 11.1. The minimum absolute atomic E-state index is 0.119. The highest BCUT2D eigenvalue weighted by molar-refractivity contribution is 5.93. The maximum Gasteiger partial charge on any atom is 0.248 e. The molecule has 25 heavy (non-hydrogen) atoms. The number of carbonyl (C=O) groups is 1. The fourth-order valence-electron chi connectivity index (χ4n) is 2.17. The Labute approximate surface area is 143 Å². The predicted octanol–water partition coefficient (Wildman–Crippen LogP) is 0.879. The van der Waals surface area contributed by atoms with Crippen LogP contribution in [0.2, 0.25) is 0 Å². The zero-order valence-electron chi connectivity index (χ0n) is 13.3. The lowest BCUT2D eigenvalue weighted by Crippen LogP contribution is -2.24. The molecule has 8 heteroatoms. The van der Waals surface area contributed by atoms with Gasteiger partial charge in [0.1, 0.15) is 18.5 Å². The highest BCUT2D eigenvalue weighted by Crippen LogP contribution is 2.14. The third kappa shape index (κ3) is 4.39. The average Bonchev–Trinajstić information content (AvgIpc) is 3.09. The number of hydrogen-bond acceptors (Lipinski definition) is 6. The highest BCUT2D eigenvalue weighted by Gasteiger charge is 2.11. The lowest BCUT2D eigenvalue weighted by atomic mass is 10.1. The van der Waals surface area contributed by atoms with Gasteiger partial charge in [0.2, 0.25) is 11.7 Å². The van der Waals surface area contributed by atoms with E-state index in [9.17, 15) is 9.90 Å². The van der Waals surface area contributed by atoms with Crippen molar-refractivity contribution >= 4 is 5.91 Å². The van der Waals surface area contributed by atoms with Crippen LogP contribution in [-0.4, -0.2) is 43.9 Å². The molecule has 0 aliphatic heterocycles. The number of aromatic nitrogens is 4. The molecule has 0 aliphatic carbocycles. The first kappa shape index (κ1) is 16.6. The summed E-state index contributed by atoms with van der Waals surface area (Å²) in [5, 5.41) is 22.1. The molecule has 0 fully saturated rings. The van der Waals surface area contributed by atoms with Crippen molar-refractivity contribution in [2.75, 3.05) is 6.61 Å². The number of benzene rings is 2. The second kappa shape index (κ2) is 7.54. The van der Waals surface area contributed by atoms with E-state index in [1.807, 2.05) is 30.3 Å². The van der Waals surface area contributed by atoms with Crippen LogP contribution in [0, 0.1) is 0 Å². The van der Waals surface area contributed by atoms with Crippen molar-refractivity contribution in [2.45, 2.75) is 12.6 Å². The van der Waals surface area contributed by atoms with E-state index in [0.717, 1.165) is 0 Å². The van der Waals surface area contributed by atoms with Gasteiger partial charge in [-0.05, 0) is 29.5 Å². The van der Waals surface area contributed by atoms with Gasteiger partial charge in [0.15, 0.2) is 0 Å². The third-order valence-corrected chi connectivity index (χ3v) is 3.44. The van der Waals surface area contributed by atoms with Gasteiger partial charge in [0.25, 0.3) is 0 Å². The SMILES string of the molecule is NC(=O)c1ccc(-c2nnn(C[C@H](O)COc3ccccc3)n2)cc1. The minimum Gasteiger partial charge on any atom is -0.491 e. The van der Waals surface area contributed by atoms with Crippen molar-refractivity contribution in [2.24, 2.45) is 5.73 Å². The number of nitrogens with zero attached hydrogens (tertiary/aromatic N) is 4. The summed E-state index contributed by atoms with van der Waals surface area (Å²) in [4.78, 5) is 12.4. The average molecular weight is 339 g/mol. The molecule has 8 nitrogen and oxygen atoms in total. The topological polar surface area (TPSA) is 116 Å². The van der Waals surface area contributed by atoms with Crippen LogP contribution < -0.4 is 10.5 Å². The first-order valence-electron chi connectivity index (χ1n) is 7.66. The van der Waals surface area contributed by atoms with Crippen LogP contribution in [0.15, 0.2) is 54.6 Å². The Kier molecular flexibility index (Phi) is 5.00. The number of hydrogen-bond donors (Lipinski definition) is 2. The smallest absolute Gasteiger partial charge is 0.248 e. The van der Waals surface area contributed by atoms with Crippen molar-refractivity contribution in [3.05, 3.63) is 60.2 Å². The molecule has 0 spiro atoms. The summed E-state index contributed by atoms with van der Waals surface area (Å²) in [6.07, 6.45) is -0.778. The quantitative estimate of drug-likeness (QED) is 0.660. The van der Waals surface area contributed by atoms with Crippen LogP contribution in [0.25, 0.3) is 11.4 Å². The van der Waals surface area contributed by atoms with E-state index in [4.69, 9.17) is 10.5 Å². The van der Waals surface area contributed by atoms with Gasteiger partial charge in [-0.15, -0.1) is 10.2 Å². The van der Waals surface area contributed by atoms with Crippen LogP contribution in [0.5, 0.6) is 5.75 Å². The van der Waals surface area contributed by atoms with E-state index in [1.165, 1.54) is 4.80 Å². The Morgan fingerprint density at radius 2 is 1.88 bits per heavy atom. The molecule has 0 saturated carbocycles. The molecule has 1 amide bonds. The van der Waals surface area contributed by atoms with Crippen LogP contribution in [0.3, 0.4) is 0 Å². The molecular formula is C17H17N5O3. The number of para-hydroxylation sites is 1. The van der Waals surface area contributed by atoms with Gasteiger partial charge in [-0.3, -0.25) is 4.79 Å². The minimum atomic E-state index is -0.778. The molecule has 3 rings (SSSR count). The number of carbonyl (C=O) groups excluding carboxylic acids is 1. The second-order valence-electron chi connectivity index (χ2n) is 5.39. The zero-order valence-corrected chi connectivity index (χ0v) is 13.3. The van der Waals surface area contributed by atoms with Gasteiger partial charge in [0.05, 0.1) is 6.54 Å². The van der Waals surface area contributed by atoms with Gasteiger partial charge >= 0.3 is 0 Å². The number of aliphatic hydroxyl groups is 1. The van der Waals surface area contributed by atoms with Gasteiger partial charge in [0, 0.05) is 11.1 Å². The van der Waals surface area contributed by atoms with Crippen molar-refractivity contribution in [1.29, 1.82) is 0 Å². The Hall–Kier alpha value is -3.26.